The number of hydrogen-bond donors (Lipinski definition) is 5. The Hall–Kier alpha value is -5.03. The zero-order chi connectivity index (χ0) is 48.4. The number of aliphatic hydroxyl groups excluding tert-OH is 2. The van der Waals surface area contributed by atoms with Crippen molar-refractivity contribution >= 4 is 37.9 Å². The van der Waals surface area contributed by atoms with Gasteiger partial charge in [-0.15, -0.1) is 0 Å². The average molecular weight is 926 g/mol. The third-order valence-corrected chi connectivity index (χ3v) is 19.3. The van der Waals surface area contributed by atoms with E-state index in [-0.39, 0.29) is 36.2 Å². The van der Waals surface area contributed by atoms with Gasteiger partial charge in [-0.3, -0.25) is 19.2 Å². The molecule has 3 fully saturated rings. The Kier molecular flexibility index (Phi) is 13.0. The SMILES string of the molecule is CC(=O)O[C@@]12CO[C@@H]1C[C@H](O)[C@@]1(C)C(=O)[C@H](O)C3=C(C)[C@@H](OC(=O)[C@H](CC(C)(C)[Si](C)(C)O)[C@@H](NC(=O)c4ccccc4)c4ccccc4)C[C@@](O)([C@@H](OC(=O)c4ccccc4)[C@H]21)C3(C)C. The maximum absolute atomic E-state index is 15.4. The van der Waals surface area contributed by atoms with Gasteiger partial charge in [0.15, 0.2) is 19.7 Å². The second kappa shape index (κ2) is 17.6. The Morgan fingerprint density at radius 2 is 1.45 bits per heavy atom. The van der Waals surface area contributed by atoms with Crippen molar-refractivity contribution in [3.8, 4) is 0 Å². The minimum atomic E-state index is -3.05. The van der Waals surface area contributed by atoms with Crippen LogP contribution in [0.2, 0.25) is 18.1 Å². The van der Waals surface area contributed by atoms with Crippen LogP contribution in [0, 0.1) is 22.7 Å². The van der Waals surface area contributed by atoms with Gasteiger partial charge in [-0.1, -0.05) is 94.4 Å². The van der Waals surface area contributed by atoms with Gasteiger partial charge in [0, 0.05) is 30.7 Å². The van der Waals surface area contributed by atoms with Gasteiger partial charge in [-0.25, -0.2) is 4.79 Å². The predicted octanol–water partition coefficient (Wildman–Crippen LogP) is 5.79. The Morgan fingerprint density at radius 3 is 1.98 bits per heavy atom. The summed E-state index contributed by atoms with van der Waals surface area (Å²) >= 11 is 0. The lowest BCUT2D eigenvalue weighted by Gasteiger charge is -2.67. The Bertz CT molecular complexity index is 2380. The smallest absolute Gasteiger partial charge is 0.338 e. The zero-order valence-electron chi connectivity index (χ0n) is 39.1. The summed E-state index contributed by atoms with van der Waals surface area (Å²) in [6.45, 7) is 14.4. The highest BCUT2D eigenvalue weighted by molar-refractivity contribution is 6.72. The van der Waals surface area contributed by atoms with Crippen LogP contribution in [0.15, 0.2) is 102 Å². The molecule has 15 heteroatoms. The topological polar surface area (TPSA) is 215 Å². The van der Waals surface area contributed by atoms with E-state index in [2.05, 4.69) is 5.32 Å². The molecule has 1 heterocycles. The molecule has 0 unspecified atom stereocenters. The van der Waals surface area contributed by atoms with Gasteiger partial charge < -0.3 is 44.4 Å². The van der Waals surface area contributed by atoms with Crippen LogP contribution >= 0.6 is 0 Å². The molecule has 2 bridgehead atoms. The number of aliphatic hydroxyl groups is 3. The number of ether oxygens (including phenoxy) is 4. The first-order chi connectivity index (χ1) is 30.8. The Morgan fingerprint density at radius 1 is 0.894 bits per heavy atom. The van der Waals surface area contributed by atoms with E-state index in [1.807, 2.05) is 13.8 Å². The molecule has 1 aliphatic heterocycles. The number of carbonyl (C=O) groups is 5. The van der Waals surface area contributed by atoms with E-state index in [0.29, 0.717) is 11.1 Å². The molecule has 0 spiro atoms. The number of Topliss-reactive ketones (excluding diaryl/α,β-unsaturated/α-hetero) is 1. The number of ketones is 1. The summed E-state index contributed by atoms with van der Waals surface area (Å²) in [5.74, 6) is -6.46. The number of rotatable bonds is 12. The summed E-state index contributed by atoms with van der Waals surface area (Å²) in [4.78, 5) is 83.6. The molecule has 1 saturated heterocycles. The molecule has 2 saturated carbocycles. The summed E-state index contributed by atoms with van der Waals surface area (Å²) in [7, 11) is -3.05. The number of hydrogen-bond acceptors (Lipinski definition) is 13. The summed E-state index contributed by atoms with van der Waals surface area (Å²) in [6, 6.07) is 24.4. The van der Waals surface area contributed by atoms with Gasteiger partial charge >= 0.3 is 17.9 Å². The molecule has 4 aliphatic rings. The van der Waals surface area contributed by atoms with Crippen LogP contribution in [0.4, 0.5) is 0 Å². The molecule has 66 heavy (non-hydrogen) atoms. The summed E-state index contributed by atoms with van der Waals surface area (Å²) in [5, 5.41) is 40.5. The van der Waals surface area contributed by atoms with Crippen molar-refractivity contribution in [3.05, 3.63) is 119 Å². The van der Waals surface area contributed by atoms with E-state index < -0.39 is 120 Å². The Labute approximate surface area is 386 Å². The molecule has 7 rings (SSSR count). The van der Waals surface area contributed by atoms with Crippen LogP contribution < -0.4 is 5.32 Å². The zero-order valence-corrected chi connectivity index (χ0v) is 40.1. The first-order valence-corrected chi connectivity index (χ1v) is 25.5. The van der Waals surface area contributed by atoms with E-state index in [9.17, 15) is 34.5 Å². The first-order valence-electron chi connectivity index (χ1n) is 22.6. The number of fused-ring (bicyclic) bond motifs is 5. The highest BCUT2D eigenvalue weighted by Gasteiger charge is 2.78. The second-order valence-corrected chi connectivity index (χ2v) is 25.0. The number of esters is 3. The summed E-state index contributed by atoms with van der Waals surface area (Å²) < 4.78 is 25.0. The van der Waals surface area contributed by atoms with Crippen LogP contribution in [0.1, 0.15) is 100 Å². The fourth-order valence-electron chi connectivity index (χ4n) is 11.0. The molecular formula is C51H63NO13Si. The summed E-state index contributed by atoms with van der Waals surface area (Å²) in [5.41, 5.74) is -6.40. The van der Waals surface area contributed by atoms with E-state index >= 15 is 9.59 Å². The quantitative estimate of drug-likeness (QED) is 0.0631. The largest absolute Gasteiger partial charge is 0.457 e. The highest BCUT2D eigenvalue weighted by atomic mass is 28.4. The van der Waals surface area contributed by atoms with Gasteiger partial charge in [0.2, 0.25) is 0 Å². The van der Waals surface area contributed by atoms with Crippen LogP contribution in [0.25, 0.3) is 0 Å². The second-order valence-electron chi connectivity index (χ2n) is 20.6. The van der Waals surface area contributed by atoms with Gasteiger partial charge in [0.25, 0.3) is 5.91 Å². The molecule has 3 aromatic rings. The fraction of sp³-hybridized carbons (Fsp3) is 0.510. The van der Waals surface area contributed by atoms with Gasteiger partial charge in [-0.2, -0.15) is 0 Å². The van der Waals surface area contributed by atoms with E-state index in [1.165, 1.54) is 26.0 Å². The van der Waals surface area contributed by atoms with E-state index in [4.69, 9.17) is 18.9 Å². The highest BCUT2D eigenvalue weighted by Crippen LogP contribution is 2.64. The maximum Gasteiger partial charge on any atom is 0.338 e. The van der Waals surface area contributed by atoms with Crippen molar-refractivity contribution in [1.82, 2.24) is 5.32 Å². The van der Waals surface area contributed by atoms with Crippen molar-refractivity contribution in [2.24, 2.45) is 22.7 Å². The standard InChI is InChI=1S/C51H63NO13Si/c1-29-35(63-46(59)34(26-47(3,4)66(8,9)61)39(31-19-13-10-14-20-31)52-44(57)32-21-15-11-16-22-32)27-51(60)43(64-45(58)33-23-17-12-18-24-33)41-49(7,42(56)40(55)38(29)48(51,5)6)36(54)25-37-50(41,28-62-37)65-30(2)53/h10-24,34-37,39-41,43,54-55,60-61H,25-28H2,1-9H3,(H,52,57)/t34-,35+,36+,37-,39+,40-,41+,43+,49-,50+,51-/m1/s1. The van der Waals surface area contributed by atoms with Gasteiger partial charge in [0.1, 0.15) is 30.0 Å². The molecule has 3 aromatic carbocycles. The molecule has 354 valence electrons. The molecular weight excluding hydrogens is 863 g/mol. The molecule has 5 N–H and O–H groups in total. The monoisotopic (exact) mass is 925 g/mol. The molecule has 0 radical (unpaired) electrons. The molecule has 1 amide bonds. The maximum atomic E-state index is 15.4. The summed E-state index contributed by atoms with van der Waals surface area (Å²) in [6.07, 6.45) is -8.25. The number of nitrogens with one attached hydrogen (secondary N) is 1. The van der Waals surface area contributed by atoms with Crippen molar-refractivity contribution in [3.63, 3.8) is 0 Å². The van der Waals surface area contributed by atoms with Crippen molar-refractivity contribution < 1.29 is 63.0 Å². The van der Waals surface area contributed by atoms with Crippen LogP contribution in [-0.2, 0) is 33.3 Å². The minimum absolute atomic E-state index is 0.00188. The first kappa shape index (κ1) is 48.9. The van der Waals surface area contributed by atoms with Crippen molar-refractivity contribution in [1.29, 1.82) is 0 Å². The normalized spacial score (nSPS) is 31.3. The lowest BCUT2D eigenvalue weighted by Crippen LogP contribution is -2.81. The van der Waals surface area contributed by atoms with Crippen molar-refractivity contribution in [2.45, 2.75) is 134 Å². The van der Waals surface area contributed by atoms with Gasteiger partial charge in [0.05, 0.1) is 41.6 Å². The number of benzene rings is 3. The molecule has 14 nitrogen and oxygen atoms in total. The Balaban J connectivity index is 1.40. The lowest BCUT2D eigenvalue weighted by molar-refractivity contribution is -0.346. The van der Waals surface area contributed by atoms with E-state index in [0.717, 1.165) is 0 Å². The predicted molar refractivity (Wildman–Crippen MR) is 244 cm³/mol. The number of amides is 1. The molecule has 3 aliphatic carbocycles. The molecule has 0 aromatic heterocycles. The van der Waals surface area contributed by atoms with Crippen LogP contribution in [0.3, 0.4) is 0 Å². The van der Waals surface area contributed by atoms with E-state index in [1.54, 1.807) is 113 Å². The third-order valence-electron chi connectivity index (χ3n) is 15.8. The van der Waals surface area contributed by atoms with Crippen LogP contribution in [0.5, 0.6) is 0 Å². The lowest BCUT2D eigenvalue weighted by atomic mass is 9.44. The number of carbonyl (C=O) groups excluding carboxylic acids is 5. The third kappa shape index (κ3) is 8.15. The van der Waals surface area contributed by atoms with Gasteiger partial charge in [-0.05, 0) is 79.4 Å². The average Bonchev–Trinajstić information content (AvgIpc) is 3.26. The van der Waals surface area contributed by atoms with Crippen molar-refractivity contribution in [2.75, 3.05) is 6.61 Å². The minimum Gasteiger partial charge on any atom is -0.457 e. The fourth-order valence-corrected chi connectivity index (χ4v) is 11.7. The van der Waals surface area contributed by atoms with Crippen LogP contribution in [-0.4, -0.2) is 106 Å². The molecule has 11 atom stereocenters.